The number of rotatable bonds is 0. The van der Waals surface area contributed by atoms with Gasteiger partial charge >= 0.3 is 0 Å². The quantitative estimate of drug-likeness (QED) is 0.532. The first-order chi connectivity index (χ1) is 6.83. The molecule has 0 saturated carbocycles. The normalized spacial score (nSPS) is 13.5. The number of aromatic nitrogens is 3. The summed E-state index contributed by atoms with van der Waals surface area (Å²) in [6, 6.07) is 8.49. The zero-order valence-electron chi connectivity index (χ0n) is 8.07. The lowest BCUT2D eigenvalue weighted by atomic mass is 10.0. The molecule has 3 nitrogen and oxygen atoms in total. The van der Waals surface area contributed by atoms with Crippen LogP contribution in [0.3, 0.4) is 0 Å². The Bertz CT molecular complexity index is 443. The molecule has 0 bridgehead atoms. The van der Waals surface area contributed by atoms with E-state index < -0.39 is 0 Å². The minimum absolute atomic E-state index is 0.867. The first-order valence-corrected chi connectivity index (χ1v) is 4.80. The SMILES string of the molecule is Cc1nc2n(n1)Cc1ccccc1C2. The standard InChI is InChI=1S/C11H11N3/c1-8-12-11-6-9-4-2-3-5-10(9)7-14(11)13-8/h2-5H,6-7H2,1H3. The van der Waals surface area contributed by atoms with Crippen molar-refractivity contribution < 1.29 is 0 Å². The summed E-state index contributed by atoms with van der Waals surface area (Å²) in [5.41, 5.74) is 2.75. The molecule has 0 saturated heterocycles. The summed E-state index contributed by atoms with van der Waals surface area (Å²) in [7, 11) is 0. The molecule has 1 aliphatic rings. The van der Waals surface area contributed by atoms with Gasteiger partial charge in [0.15, 0.2) is 0 Å². The highest BCUT2D eigenvalue weighted by molar-refractivity contribution is 5.32. The molecule has 0 aliphatic carbocycles. The Balaban J connectivity index is 2.12. The van der Waals surface area contributed by atoms with Crippen LogP contribution in [0.1, 0.15) is 22.8 Å². The van der Waals surface area contributed by atoms with E-state index in [1.165, 1.54) is 11.1 Å². The monoisotopic (exact) mass is 185 g/mol. The summed E-state index contributed by atoms with van der Waals surface area (Å²) in [6.07, 6.45) is 0.914. The van der Waals surface area contributed by atoms with Crippen LogP contribution in [0.4, 0.5) is 0 Å². The topological polar surface area (TPSA) is 30.7 Å². The molecule has 0 spiro atoms. The fraction of sp³-hybridized carbons (Fsp3) is 0.273. The Morgan fingerprint density at radius 2 is 2.00 bits per heavy atom. The molecule has 2 aromatic rings. The Hall–Kier alpha value is -1.64. The van der Waals surface area contributed by atoms with Crippen LogP contribution in [0.5, 0.6) is 0 Å². The van der Waals surface area contributed by atoms with E-state index in [9.17, 15) is 0 Å². The molecule has 0 atom stereocenters. The van der Waals surface area contributed by atoms with Gasteiger partial charge in [0.2, 0.25) is 0 Å². The van der Waals surface area contributed by atoms with Gasteiger partial charge in [0.05, 0.1) is 6.54 Å². The molecule has 0 amide bonds. The number of fused-ring (bicyclic) bond motifs is 2. The highest BCUT2D eigenvalue weighted by Gasteiger charge is 2.16. The van der Waals surface area contributed by atoms with Gasteiger partial charge in [0.1, 0.15) is 11.6 Å². The maximum absolute atomic E-state index is 4.40. The third-order valence-electron chi connectivity index (χ3n) is 2.64. The van der Waals surface area contributed by atoms with Crippen LogP contribution in [0.25, 0.3) is 0 Å². The van der Waals surface area contributed by atoms with E-state index in [1.807, 2.05) is 11.6 Å². The molecule has 2 heterocycles. The van der Waals surface area contributed by atoms with Crippen LogP contribution in [-0.2, 0) is 13.0 Å². The van der Waals surface area contributed by atoms with Gasteiger partial charge in [-0.15, -0.1) is 0 Å². The molecule has 0 fully saturated rings. The average Bonchev–Trinajstić information content (AvgIpc) is 2.53. The summed E-state index contributed by atoms with van der Waals surface area (Å²) >= 11 is 0. The van der Waals surface area contributed by atoms with Crippen molar-refractivity contribution >= 4 is 0 Å². The van der Waals surface area contributed by atoms with Crippen LogP contribution in [0, 0.1) is 6.92 Å². The van der Waals surface area contributed by atoms with E-state index in [0.717, 1.165) is 24.6 Å². The van der Waals surface area contributed by atoms with Crippen molar-refractivity contribution in [3.63, 3.8) is 0 Å². The summed E-state index contributed by atoms with van der Waals surface area (Å²) in [4.78, 5) is 4.40. The van der Waals surface area contributed by atoms with Gasteiger partial charge in [-0.3, -0.25) is 0 Å². The molecule has 0 radical (unpaired) electrons. The van der Waals surface area contributed by atoms with Crippen molar-refractivity contribution in [2.75, 3.05) is 0 Å². The number of hydrogen-bond donors (Lipinski definition) is 0. The van der Waals surface area contributed by atoms with Crippen molar-refractivity contribution in [2.45, 2.75) is 19.9 Å². The van der Waals surface area contributed by atoms with Gasteiger partial charge in [0.25, 0.3) is 0 Å². The third-order valence-corrected chi connectivity index (χ3v) is 2.64. The van der Waals surface area contributed by atoms with E-state index in [4.69, 9.17) is 0 Å². The molecule has 3 heteroatoms. The largest absolute Gasteiger partial charge is 0.245 e. The maximum atomic E-state index is 4.40. The minimum atomic E-state index is 0.867. The van der Waals surface area contributed by atoms with Crippen LogP contribution in [0.15, 0.2) is 24.3 Å². The van der Waals surface area contributed by atoms with Gasteiger partial charge in [-0.05, 0) is 18.1 Å². The Labute approximate surface area is 82.4 Å². The lowest BCUT2D eigenvalue weighted by Crippen LogP contribution is -2.15. The second-order valence-corrected chi connectivity index (χ2v) is 3.68. The van der Waals surface area contributed by atoms with Crippen LogP contribution >= 0.6 is 0 Å². The molecule has 1 aliphatic heterocycles. The Morgan fingerprint density at radius 1 is 1.21 bits per heavy atom. The van der Waals surface area contributed by atoms with Gasteiger partial charge < -0.3 is 0 Å². The van der Waals surface area contributed by atoms with Gasteiger partial charge in [0, 0.05) is 6.42 Å². The van der Waals surface area contributed by atoms with Crippen molar-refractivity contribution in [3.8, 4) is 0 Å². The highest BCUT2D eigenvalue weighted by Crippen LogP contribution is 2.20. The van der Waals surface area contributed by atoms with Gasteiger partial charge in [-0.25, -0.2) is 9.67 Å². The van der Waals surface area contributed by atoms with Crippen molar-refractivity contribution in [2.24, 2.45) is 0 Å². The van der Waals surface area contributed by atoms with E-state index in [2.05, 4.69) is 34.3 Å². The smallest absolute Gasteiger partial charge is 0.147 e. The fourth-order valence-corrected chi connectivity index (χ4v) is 1.97. The fourth-order valence-electron chi connectivity index (χ4n) is 1.97. The van der Waals surface area contributed by atoms with Crippen molar-refractivity contribution in [1.29, 1.82) is 0 Å². The first-order valence-electron chi connectivity index (χ1n) is 4.80. The number of hydrogen-bond acceptors (Lipinski definition) is 2. The molecular weight excluding hydrogens is 174 g/mol. The molecule has 3 rings (SSSR count). The Kier molecular flexibility index (Phi) is 1.48. The lowest BCUT2D eigenvalue weighted by Gasteiger charge is -2.15. The predicted octanol–water partition coefficient (Wildman–Crippen LogP) is 1.54. The van der Waals surface area contributed by atoms with E-state index >= 15 is 0 Å². The summed E-state index contributed by atoms with van der Waals surface area (Å²) in [5, 5.41) is 4.36. The average molecular weight is 185 g/mol. The maximum Gasteiger partial charge on any atom is 0.147 e. The molecule has 0 unspecified atom stereocenters. The summed E-state index contributed by atoms with van der Waals surface area (Å²) < 4.78 is 2.00. The zero-order valence-corrected chi connectivity index (χ0v) is 8.07. The minimum Gasteiger partial charge on any atom is -0.245 e. The Morgan fingerprint density at radius 3 is 2.86 bits per heavy atom. The molecule has 0 N–H and O–H groups in total. The van der Waals surface area contributed by atoms with E-state index in [-0.39, 0.29) is 0 Å². The van der Waals surface area contributed by atoms with E-state index in [0.29, 0.717) is 0 Å². The van der Waals surface area contributed by atoms with Gasteiger partial charge in [-0.2, -0.15) is 5.10 Å². The highest BCUT2D eigenvalue weighted by atomic mass is 15.3. The molecule has 14 heavy (non-hydrogen) atoms. The second kappa shape index (κ2) is 2.67. The van der Waals surface area contributed by atoms with Crippen LogP contribution in [0.2, 0.25) is 0 Å². The van der Waals surface area contributed by atoms with Gasteiger partial charge in [-0.1, -0.05) is 24.3 Å². The zero-order chi connectivity index (χ0) is 9.54. The third kappa shape index (κ3) is 1.05. The first kappa shape index (κ1) is 7.74. The summed E-state index contributed by atoms with van der Waals surface area (Å²) in [6.45, 7) is 2.81. The molecule has 1 aromatic heterocycles. The predicted molar refractivity (Wildman–Crippen MR) is 53.1 cm³/mol. The van der Waals surface area contributed by atoms with E-state index in [1.54, 1.807) is 0 Å². The number of nitrogens with zero attached hydrogens (tertiary/aromatic N) is 3. The van der Waals surface area contributed by atoms with Crippen molar-refractivity contribution in [3.05, 3.63) is 47.0 Å². The van der Waals surface area contributed by atoms with Crippen LogP contribution in [-0.4, -0.2) is 14.8 Å². The second-order valence-electron chi connectivity index (χ2n) is 3.68. The molecule has 70 valence electrons. The van der Waals surface area contributed by atoms with Crippen LogP contribution < -0.4 is 0 Å². The summed E-state index contributed by atoms with van der Waals surface area (Å²) in [5.74, 6) is 1.95. The lowest BCUT2D eigenvalue weighted by molar-refractivity contribution is 0.618. The van der Waals surface area contributed by atoms with Crippen molar-refractivity contribution in [1.82, 2.24) is 14.8 Å². The number of aryl methyl sites for hydroxylation is 1. The molecular formula is C11H11N3. The molecule has 1 aromatic carbocycles. The number of benzene rings is 1.